The topological polar surface area (TPSA) is 0 Å². The molecule has 0 saturated heterocycles. The van der Waals surface area contributed by atoms with Gasteiger partial charge in [-0.2, -0.15) is 0 Å². The standard InChI is InChI=1S/C19H18Si/c1-4-10-16(11-5-1)19(17-12-6-2-7-13-17)20-18-14-8-3-9-15-18/h1-15,19H,20H2. The first-order chi connectivity index (χ1) is 9.93. The maximum atomic E-state index is 2.27. The second-order valence-electron chi connectivity index (χ2n) is 5.06. The van der Waals surface area contributed by atoms with E-state index < -0.39 is 9.52 Å². The molecule has 0 N–H and O–H groups in total. The fraction of sp³-hybridized carbons (Fsp3) is 0.0526. The van der Waals surface area contributed by atoms with Gasteiger partial charge in [0.15, 0.2) is 0 Å². The van der Waals surface area contributed by atoms with Gasteiger partial charge in [-0.25, -0.2) is 0 Å². The van der Waals surface area contributed by atoms with Crippen LogP contribution in [0.5, 0.6) is 0 Å². The molecule has 0 aliphatic carbocycles. The molecule has 1 heteroatoms. The van der Waals surface area contributed by atoms with E-state index >= 15 is 0 Å². The Morgan fingerprint density at radius 2 is 0.900 bits per heavy atom. The first-order valence-electron chi connectivity index (χ1n) is 7.07. The van der Waals surface area contributed by atoms with Crippen molar-refractivity contribution in [3.8, 4) is 0 Å². The van der Waals surface area contributed by atoms with Crippen molar-refractivity contribution in [1.82, 2.24) is 0 Å². The minimum absolute atomic E-state index is 0.394. The zero-order valence-corrected chi connectivity index (χ0v) is 12.9. The van der Waals surface area contributed by atoms with Crippen LogP contribution in [0.25, 0.3) is 0 Å². The van der Waals surface area contributed by atoms with E-state index in [1.807, 2.05) is 0 Å². The predicted octanol–water partition coefficient (Wildman–Crippen LogP) is 3.27. The van der Waals surface area contributed by atoms with E-state index in [9.17, 15) is 0 Å². The van der Waals surface area contributed by atoms with E-state index in [0.29, 0.717) is 5.54 Å². The van der Waals surface area contributed by atoms with Gasteiger partial charge in [0.1, 0.15) is 0 Å². The largest absolute Gasteiger partial charge is 0.0679 e. The van der Waals surface area contributed by atoms with Crippen LogP contribution in [-0.2, 0) is 0 Å². The average Bonchev–Trinajstić information content (AvgIpc) is 2.55. The molecule has 0 saturated carbocycles. The molecule has 0 radical (unpaired) electrons. The first kappa shape index (κ1) is 12.9. The minimum Gasteiger partial charge on any atom is -0.0659 e. The molecular weight excluding hydrogens is 256 g/mol. The summed E-state index contributed by atoms with van der Waals surface area (Å²) in [7, 11) is -0.394. The van der Waals surface area contributed by atoms with Crippen LogP contribution < -0.4 is 5.19 Å². The monoisotopic (exact) mass is 274 g/mol. The van der Waals surface area contributed by atoms with E-state index in [1.54, 1.807) is 0 Å². The van der Waals surface area contributed by atoms with Gasteiger partial charge in [-0.3, -0.25) is 0 Å². The highest BCUT2D eigenvalue weighted by molar-refractivity contribution is 6.55. The van der Waals surface area contributed by atoms with Gasteiger partial charge < -0.3 is 0 Å². The maximum absolute atomic E-state index is 2.27. The van der Waals surface area contributed by atoms with Crippen LogP contribution in [0.1, 0.15) is 16.7 Å². The lowest BCUT2D eigenvalue weighted by Crippen LogP contribution is -2.22. The Bertz CT molecular complexity index is 593. The van der Waals surface area contributed by atoms with E-state index in [4.69, 9.17) is 0 Å². The smallest absolute Gasteiger partial charge is 0.0659 e. The summed E-state index contributed by atoms with van der Waals surface area (Å²) in [5.74, 6) is 0. The second kappa shape index (κ2) is 6.35. The normalized spacial score (nSPS) is 11.2. The van der Waals surface area contributed by atoms with Crippen LogP contribution in [0.2, 0.25) is 0 Å². The van der Waals surface area contributed by atoms with Crippen LogP contribution >= 0.6 is 0 Å². The van der Waals surface area contributed by atoms with Gasteiger partial charge in [-0.15, -0.1) is 0 Å². The quantitative estimate of drug-likeness (QED) is 0.641. The lowest BCUT2D eigenvalue weighted by atomic mass is 10.0. The molecule has 98 valence electrons. The van der Waals surface area contributed by atoms with Crippen molar-refractivity contribution < 1.29 is 0 Å². The summed E-state index contributed by atoms with van der Waals surface area (Å²) < 4.78 is 0. The molecule has 20 heavy (non-hydrogen) atoms. The molecule has 0 heterocycles. The lowest BCUT2D eigenvalue weighted by molar-refractivity contribution is 1.13. The Labute approximate surface area is 122 Å². The number of benzene rings is 3. The van der Waals surface area contributed by atoms with Gasteiger partial charge in [0.05, 0.1) is 9.52 Å². The zero-order chi connectivity index (χ0) is 13.6. The van der Waals surface area contributed by atoms with E-state index in [-0.39, 0.29) is 0 Å². The Morgan fingerprint density at radius 3 is 1.35 bits per heavy atom. The molecular formula is C19H18Si. The van der Waals surface area contributed by atoms with Crippen LogP contribution in [0.4, 0.5) is 0 Å². The van der Waals surface area contributed by atoms with Crippen molar-refractivity contribution in [2.75, 3.05) is 0 Å². The van der Waals surface area contributed by atoms with Crippen molar-refractivity contribution in [2.24, 2.45) is 0 Å². The first-order valence-corrected chi connectivity index (χ1v) is 8.59. The summed E-state index contributed by atoms with van der Waals surface area (Å²) in [5, 5.41) is 1.52. The summed E-state index contributed by atoms with van der Waals surface area (Å²) in [6, 6.07) is 32.7. The lowest BCUT2D eigenvalue weighted by Gasteiger charge is -2.17. The van der Waals surface area contributed by atoms with Crippen molar-refractivity contribution >= 4 is 14.7 Å². The van der Waals surface area contributed by atoms with Gasteiger partial charge >= 0.3 is 0 Å². The zero-order valence-electron chi connectivity index (χ0n) is 11.4. The predicted molar refractivity (Wildman–Crippen MR) is 89.3 cm³/mol. The third kappa shape index (κ3) is 3.06. The molecule has 3 rings (SSSR count). The number of hydrogen-bond donors (Lipinski definition) is 0. The summed E-state index contributed by atoms with van der Waals surface area (Å²) in [6.45, 7) is 0. The number of rotatable bonds is 4. The van der Waals surface area contributed by atoms with Gasteiger partial charge in [0.25, 0.3) is 0 Å². The van der Waals surface area contributed by atoms with E-state index in [2.05, 4.69) is 91.0 Å². The van der Waals surface area contributed by atoms with Gasteiger partial charge in [-0.1, -0.05) is 96.2 Å². The third-order valence-corrected chi connectivity index (χ3v) is 5.98. The van der Waals surface area contributed by atoms with Crippen LogP contribution in [0, 0.1) is 0 Å². The van der Waals surface area contributed by atoms with Crippen LogP contribution in [0.3, 0.4) is 0 Å². The molecule has 0 aromatic heterocycles. The second-order valence-corrected chi connectivity index (χ2v) is 7.10. The third-order valence-electron chi connectivity index (χ3n) is 3.69. The molecule has 0 atom stereocenters. The van der Waals surface area contributed by atoms with E-state index in [1.165, 1.54) is 16.3 Å². The maximum Gasteiger partial charge on any atom is 0.0679 e. The number of hydrogen-bond acceptors (Lipinski definition) is 0. The fourth-order valence-electron chi connectivity index (χ4n) is 2.65. The van der Waals surface area contributed by atoms with E-state index in [0.717, 1.165) is 0 Å². The highest BCUT2D eigenvalue weighted by Gasteiger charge is 2.14. The highest BCUT2D eigenvalue weighted by atomic mass is 28.2. The molecule has 0 aliphatic heterocycles. The summed E-state index contributed by atoms with van der Waals surface area (Å²) in [4.78, 5) is 0. The Morgan fingerprint density at radius 1 is 0.500 bits per heavy atom. The summed E-state index contributed by atoms with van der Waals surface area (Å²) in [5.41, 5.74) is 3.43. The molecule has 0 nitrogen and oxygen atoms in total. The molecule has 3 aromatic carbocycles. The highest BCUT2D eigenvalue weighted by Crippen LogP contribution is 2.23. The fourth-order valence-corrected chi connectivity index (χ4v) is 4.68. The van der Waals surface area contributed by atoms with Gasteiger partial charge in [0, 0.05) is 5.54 Å². The van der Waals surface area contributed by atoms with Crippen molar-refractivity contribution in [1.29, 1.82) is 0 Å². The van der Waals surface area contributed by atoms with Crippen molar-refractivity contribution in [3.05, 3.63) is 102 Å². The van der Waals surface area contributed by atoms with Crippen LogP contribution in [0.15, 0.2) is 91.0 Å². The summed E-state index contributed by atoms with van der Waals surface area (Å²) in [6.07, 6.45) is 0. The average molecular weight is 274 g/mol. The van der Waals surface area contributed by atoms with Crippen LogP contribution in [-0.4, -0.2) is 9.52 Å². The molecule has 0 fully saturated rings. The molecule has 3 aromatic rings. The van der Waals surface area contributed by atoms with Gasteiger partial charge in [0.2, 0.25) is 0 Å². The molecule has 0 amide bonds. The molecule has 0 unspecified atom stereocenters. The Hall–Kier alpha value is -2.12. The Kier molecular flexibility index (Phi) is 4.09. The van der Waals surface area contributed by atoms with Gasteiger partial charge in [-0.05, 0) is 11.1 Å². The molecule has 0 spiro atoms. The van der Waals surface area contributed by atoms with Crippen molar-refractivity contribution in [2.45, 2.75) is 5.54 Å². The Balaban J connectivity index is 1.96. The molecule has 0 aliphatic rings. The SMILES string of the molecule is c1ccc([SiH2]C(c2ccccc2)c2ccccc2)cc1. The molecule has 0 bridgehead atoms. The minimum atomic E-state index is -0.394. The van der Waals surface area contributed by atoms with Crippen molar-refractivity contribution in [3.63, 3.8) is 0 Å². The summed E-state index contributed by atoms with van der Waals surface area (Å²) >= 11 is 0.